The SMILES string of the molecule is Cl.N[C@@H](c1ccc(F)c(F)c1O)C1CCC1. The number of nitrogens with two attached hydrogens (primary N) is 1. The number of hydrogen-bond donors (Lipinski definition) is 2. The second kappa shape index (κ2) is 4.97. The molecule has 1 aromatic carbocycles. The minimum absolute atomic E-state index is 0. The standard InChI is InChI=1S/C11H13F2NO.ClH/c12-8-5-4-7(11(15)9(8)13)10(14)6-2-1-3-6;/h4-6,10,15H,1-3,14H2;1H/t10-;/m1./s1. The summed E-state index contributed by atoms with van der Waals surface area (Å²) in [4.78, 5) is 0. The molecule has 0 bridgehead atoms. The van der Waals surface area contributed by atoms with Crippen molar-refractivity contribution in [1.29, 1.82) is 0 Å². The van der Waals surface area contributed by atoms with Crippen LogP contribution in [-0.2, 0) is 0 Å². The van der Waals surface area contributed by atoms with Crippen LogP contribution in [0.5, 0.6) is 5.75 Å². The van der Waals surface area contributed by atoms with E-state index in [4.69, 9.17) is 5.73 Å². The molecule has 0 aromatic heterocycles. The molecule has 90 valence electrons. The highest BCUT2D eigenvalue weighted by molar-refractivity contribution is 5.85. The van der Waals surface area contributed by atoms with Gasteiger partial charge in [-0.3, -0.25) is 0 Å². The van der Waals surface area contributed by atoms with E-state index in [1.165, 1.54) is 6.07 Å². The summed E-state index contributed by atoms with van der Waals surface area (Å²) in [5, 5.41) is 9.42. The zero-order chi connectivity index (χ0) is 11.0. The molecule has 2 rings (SSSR count). The summed E-state index contributed by atoms with van der Waals surface area (Å²) >= 11 is 0. The van der Waals surface area contributed by atoms with Crippen LogP contribution >= 0.6 is 12.4 Å². The van der Waals surface area contributed by atoms with E-state index >= 15 is 0 Å². The van der Waals surface area contributed by atoms with E-state index in [2.05, 4.69) is 0 Å². The molecule has 1 aromatic rings. The molecule has 0 unspecified atom stereocenters. The Morgan fingerprint density at radius 3 is 2.44 bits per heavy atom. The first-order chi connectivity index (χ1) is 7.11. The summed E-state index contributed by atoms with van der Waals surface area (Å²) in [6.45, 7) is 0. The third-order valence-corrected chi connectivity index (χ3v) is 3.12. The van der Waals surface area contributed by atoms with Gasteiger partial charge >= 0.3 is 0 Å². The van der Waals surface area contributed by atoms with Gasteiger partial charge in [-0.05, 0) is 24.8 Å². The molecule has 1 atom stereocenters. The monoisotopic (exact) mass is 249 g/mol. The van der Waals surface area contributed by atoms with Crippen LogP contribution in [0.3, 0.4) is 0 Å². The molecular weight excluding hydrogens is 236 g/mol. The Balaban J connectivity index is 0.00000128. The lowest BCUT2D eigenvalue weighted by Gasteiger charge is -2.31. The fraction of sp³-hybridized carbons (Fsp3) is 0.455. The van der Waals surface area contributed by atoms with Gasteiger partial charge in [0.25, 0.3) is 0 Å². The third kappa shape index (κ3) is 2.13. The minimum Gasteiger partial charge on any atom is -0.505 e. The van der Waals surface area contributed by atoms with Crippen LogP contribution in [0.2, 0.25) is 0 Å². The van der Waals surface area contributed by atoms with Crippen molar-refractivity contribution in [1.82, 2.24) is 0 Å². The van der Waals surface area contributed by atoms with Crippen molar-refractivity contribution in [3.63, 3.8) is 0 Å². The molecule has 3 N–H and O–H groups in total. The third-order valence-electron chi connectivity index (χ3n) is 3.12. The maximum Gasteiger partial charge on any atom is 0.200 e. The van der Waals surface area contributed by atoms with Gasteiger partial charge in [0.15, 0.2) is 11.6 Å². The quantitative estimate of drug-likeness (QED) is 0.847. The van der Waals surface area contributed by atoms with Crippen LogP contribution in [0.15, 0.2) is 12.1 Å². The van der Waals surface area contributed by atoms with Gasteiger partial charge in [-0.1, -0.05) is 12.5 Å². The number of benzene rings is 1. The summed E-state index contributed by atoms with van der Waals surface area (Å²) in [6.07, 6.45) is 3.09. The van der Waals surface area contributed by atoms with Crippen molar-refractivity contribution < 1.29 is 13.9 Å². The summed E-state index contributed by atoms with van der Waals surface area (Å²) in [5.74, 6) is -2.62. The van der Waals surface area contributed by atoms with Gasteiger partial charge in [-0.25, -0.2) is 4.39 Å². The maximum absolute atomic E-state index is 13.1. The lowest BCUT2D eigenvalue weighted by atomic mass is 9.77. The van der Waals surface area contributed by atoms with Crippen LogP contribution in [0.4, 0.5) is 8.78 Å². The maximum atomic E-state index is 13.1. The second-order valence-electron chi connectivity index (χ2n) is 4.02. The van der Waals surface area contributed by atoms with Crippen LogP contribution in [0, 0.1) is 17.6 Å². The van der Waals surface area contributed by atoms with Gasteiger partial charge in [-0.15, -0.1) is 12.4 Å². The molecule has 0 spiro atoms. The van der Waals surface area contributed by atoms with Crippen molar-refractivity contribution in [3.05, 3.63) is 29.3 Å². The number of phenolic OH excluding ortho intramolecular Hbond substituents is 1. The van der Waals surface area contributed by atoms with Gasteiger partial charge in [0, 0.05) is 11.6 Å². The number of hydrogen-bond acceptors (Lipinski definition) is 2. The summed E-state index contributed by atoms with van der Waals surface area (Å²) in [6, 6.07) is 1.97. The minimum atomic E-state index is -1.21. The summed E-state index contributed by atoms with van der Waals surface area (Å²) < 4.78 is 25.8. The lowest BCUT2D eigenvalue weighted by Crippen LogP contribution is -2.27. The van der Waals surface area contributed by atoms with Crippen molar-refractivity contribution in [3.8, 4) is 5.75 Å². The highest BCUT2D eigenvalue weighted by atomic mass is 35.5. The van der Waals surface area contributed by atoms with E-state index in [1.807, 2.05) is 0 Å². The molecule has 2 nitrogen and oxygen atoms in total. The van der Waals surface area contributed by atoms with Crippen molar-refractivity contribution in [2.75, 3.05) is 0 Å². The molecule has 0 saturated heterocycles. The number of phenols is 1. The van der Waals surface area contributed by atoms with E-state index in [1.54, 1.807) is 0 Å². The fourth-order valence-corrected chi connectivity index (χ4v) is 1.88. The number of aromatic hydroxyl groups is 1. The first-order valence-corrected chi connectivity index (χ1v) is 5.03. The highest BCUT2D eigenvalue weighted by Crippen LogP contribution is 2.39. The number of halogens is 3. The van der Waals surface area contributed by atoms with E-state index in [0.717, 1.165) is 25.3 Å². The molecule has 5 heteroatoms. The molecule has 0 heterocycles. The summed E-state index contributed by atoms with van der Waals surface area (Å²) in [5.41, 5.74) is 6.18. The predicted octanol–water partition coefficient (Wildman–Crippen LogP) is 2.89. The molecule has 16 heavy (non-hydrogen) atoms. The average Bonchev–Trinajstić information content (AvgIpc) is 2.11. The molecule has 0 aliphatic heterocycles. The molecule has 1 saturated carbocycles. The first-order valence-electron chi connectivity index (χ1n) is 5.03. The Kier molecular flexibility index (Phi) is 4.10. The van der Waals surface area contributed by atoms with Crippen molar-refractivity contribution in [2.24, 2.45) is 11.7 Å². The Morgan fingerprint density at radius 1 is 1.31 bits per heavy atom. The Labute approximate surface area is 98.9 Å². The zero-order valence-corrected chi connectivity index (χ0v) is 9.44. The highest BCUT2D eigenvalue weighted by Gasteiger charge is 2.28. The van der Waals surface area contributed by atoms with Gasteiger partial charge in [0.05, 0.1) is 0 Å². The molecule has 0 radical (unpaired) electrons. The van der Waals surface area contributed by atoms with E-state index in [0.29, 0.717) is 5.56 Å². The second-order valence-corrected chi connectivity index (χ2v) is 4.02. The molecule has 0 amide bonds. The topological polar surface area (TPSA) is 46.2 Å². The van der Waals surface area contributed by atoms with E-state index < -0.39 is 23.4 Å². The van der Waals surface area contributed by atoms with Gasteiger partial charge in [0.1, 0.15) is 0 Å². The zero-order valence-electron chi connectivity index (χ0n) is 8.62. The summed E-state index contributed by atoms with van der Waals surface area (Å²) in [7, 11) is 0. The number of rotatable bonds is 2. The lowest BCUT2D eigenvalue weighted by molar-refractivity contribution is 0.258. The average molecular weight is 250 g/mol. The van der Waals surface area contributed by atoms with Crippen LogP contribution in [0.25, 0.3) is 0 Å². The molecule has 1 fully saturated rings. The molecule has 1 aliphatic carbocycles. The Morgan fingerprint density at radius 2 is 1.94 bits per heavy atom. The van der Waals surface area contributed by atoms with E-state index in [9.17, 15) is 13.9 Å². The van der Waals surface area contributed by atoms with Crippen LogP contribution in [-0.4, -0.2) is 5.11 Å². The van der Waals surface area contributed by atoms with Crippen molar-refractivity contribution >= 4 is 12.4 Å². The van der Waals surface area contributed by atoms with Crippen molar-refractivity contribution in [2.45, 2.75) is 25.3 Å². The molecule has 1 aliphatic rings. The fourth-order valence-electron chi connectivity index (χ4n) is 1.88. The van der Waals surface area contributed by atoms with Gasteiger partial charge in [-0.2, -0.15) is 4.39 Å². The largest absolute Gasteiger partial charge is 0.505 e. The van der Waals surface area contributed by atoms with Gasteiger partial charge < -0.3 is 10.8 Å². The van der Waals surface area contributed by atoms with Crippen LogP contribution < -0.4 is 5.73 Å². The molecular formula is C11H14ClF2NO. The van der Waals surface area contributed by atoms with Crippen LogP contribution in [0.1, 0.15) is 30.9 Å². The predicted molar refractivity (Wildman–Crippen MR) is 59.5 cm³/mol. The van der Waals surface area contributed by atoms with Gasteiger partial charge in [0.2, 0.25) is 5.82 Å². The Hall–Kier alpha value is -0.870. The normalized spacial score (nSPS) is 17.4. The first kappa shape index (κ1) is 13.2. The smallest absolute Gasteiger partial charge is 0.200 e. The van der Waals surface area contributed by atoms with E-state index in [-0.39, 0.29) is 18.3 Å². The Bertz CT molecular complexity index is 382.